The molecule has 2 aromatic carbocycles. The van der Waals surface area contributed by atoms with E-state index in [2.05, 4.69) is 15.5 Å². The first-order valence-corrected chi connectivity index (χ1v) is 7.64. The second-order valence-corrected chi connectivity index (χ2v) is 5.77. The number of nitrogens with zero attached hydrogens (tertiary/aromatic N) is 1. The molecule has 1 amide bonds. The second kappa shape index (κ2) is 6.67. The van der Waals surface area contributed by atoms with E-state index < -0.39 is 0 Å². The molecule has 2 N–H and O–H groups in total. The lowest BCUT2D eigenvalue weighted by atomic mass is 10.1. The van der Waals surface area contributed by atoms with Crippen LogP contribution < -0.4 is 5.32 Å². The fourth-order valence-corrected chi connectivity index (χ4v) is 2.40. The van der Waals surface area contributed by atoms with E-state index >= 15 is 0 Å². The topological polar surface area (TPSA) is 57.8 Å². The summed E-state index contributed by atoms with van der Waals surface area (Å²) in [7, 11) is 0. The lowest BCUT2D eigenvalue weighted by molar-refractivity contribution is 0.0951. The van der Waals surface area contributed by atoms with Crippen molar-refractivity contribution in [3.05, 3.63) is 76.4 Å². The number of amides is 1. The van der Waals surface area contributed by atoms with E-state index in [9.17, 15) is 4.79 Å². The highest BCUT2D eigenvalue weighted by molar-refractivity contribution is 6.30. The van der Waals surface area contributed by atoms with Gasteiger partial charge in [-0.2, -0.15) is 5.10 Å². The van der Waals surface area contributed by atoms with Crippen LogP contribution >= 0.6 is 11.6 Å². The normalized spacial score (nSPS) is 10.5. The summed E-state index contributed by atoms with van der Waals surface area (Å²) >= 11 is 5.86. The Labute approximate surface area is 139 Å². The first kappa shape index (κ1) is 15.3. The zero-order chi connectivity index (χ0) is 16.2. The molecule has 0 aliphatic carbocycles. The van der Waals surface area contributed by atoms with Crippen molar-refractivity contribution in [2.75, 3.05) is 0 Å². The van der Waals surface area contributed by atoms with Gasteiger partial charge in [0.15, 0.2) is 0 Å². The maximum absolute atomic E-state index is 12.4. The third kappa shape index (κ3) is 3.60. The van der Waals surface area contributed by atoms with Crippen molar-refractivity contribution >= 4 is 17.5 Å². The van der Waals surface area contributed by atoms with Crippen molar-refractivity contribution in [1.82, 2.24) is 15.5 Å². The minimum Gasteiger partial charge on any atom is -0.348 e. The number of aromatic amines is 1. The number of hydrogen-bond acceptors (Lipinski definition) is 2. The Morgan fingerprint density at radius 1 is 1.13 bits per heavy atom. The van der Waals surface area contributed by atoms with Crippen molar-refractivity contribution < 1.29 is 4.79 Å². The van der Waals surface area contributed by atoms with E-state index in [0.717, 1.165) is 16.8 Å². The van der Waals surface area contributed by atoms with Gasteiger partial charge in [-0.05, 0) is 24.6 Å². The number of carbonyl (C=O) groups excluding carboxylic acids is 1. The largest absolute Gasteiger partial charge is 0.348 e. The number of carbonyl (C=O) groups is 1. The number of halogens is 1. The van der Waals surface area contributed by atoms with Gasteiger partial charge in [0.05, 0.1) is 17.5 Å². The zero-order valence-corrected chi connectivity index (χ0v) is 13.4. The van der Waals surface area contributed by atoms with Gasteiger partial charge >= 0.3 is 0 Å². The van der Waals surface area contributed by atoms with Crippen molar-refractivity contribution in [3.8, 4) is 11.3 Å². The lowest BCUT2D eigenvalue weighted by Crippen LogP contribution is -2.22. The van der Waals surface area contributed by atoms with Crippen LogP contribution in [0.5, 0.6) is 0 Å². The maximum atomic E-state index is 12.4. The maximum Gasteiger partial charge on any atom is 0.255 e. The first-order valence-electron chi connectivity index (χ1n) is 7.26. The molecule has 0 atom stereocenters. The predicted octanol–water partition coefficient (Wildman–Crippen LogP) is 3.97. The Morgan fingerprint density at radius 3 is 2.52 bits per heavy atom. The molecule has 5 heteroatoms. The molecule has 1 aromatic heterocycles. The van der Waals surface area contributed by atoms with Gasteiger partial charge in [0.1, 0.15) is 0 Å². The van der Waals surface area contributed by atoms with Crippen molar-refractivity contribution in [2.24, 2.45) is 0 Å². The fraction of sp³-hybridized carbons (Fsp3) is 0.111. The number of benzene rings is 2. The van der Waals surface area contributed by atoms with E-state index in [1.807, 2.05) is 43.3 Å². The van der Waals surface area contributed by atoms with Crippen LogP contribution in [0, 0.1) is 6.92 Å². The van der Waals surface area contributed by atoms with Crippen LogP contribution in [-0.2, 0) is 6.54 Å². The molecule has 0 fully saturated rings. The van der Waals surface area contributed by atoms with Gasteiger partial charge in [-0.1, -0.05) is 53.6 Å². The van der Waals surface area contributed by atoms with Gasteiger partial charge in [0.2, 0.25) is 0 Å². The van der Waals surface area contributed by atoms with Crippen LogP contribution in [0.4, 0.5) is 0 Å². The van der Waals surface area contributed by atoms with Crippen LogP contribution in [0.15, 0.2) is 54.7 Å². The van der Waals surface area contributed by atoms with Crippen LogP contribution in [0.2, 0.25) is 5.02 Å². The highest BCUT2D eigenvalue weighted by Gasteiger charge is 2.14. The number of nitrogens with one attached hydrogen (secondary N) is 2. The van der Waals surface area contributed by atoms with Crippen LogP contribution in [-0.4, -0.2) is 16.1 Å². The molecule has 0 unspecified atom stereocenters. The second-order valence-electron chi connectivity index (χ2n) is 5.33. The fourth-order valence-electron chi connectivity index (χ4n) is 2.28. The monoisotopic (exact) mass is 325 g/mol. The molecular formula is C18H16ClN3O. The SMILES string of the molecule is Cc1ccc(-c2[nH]ncc2C(=O)NCc2ccc(Cl)cc2)cc1. The Kier molecular flexibility index (Phi) is 4.44. The minimum absolute atomic E-state index is 0.163. The van der Waals surface area contributed by atoms with E-state index in [0.29, 0.717) is 17.1 Å². The molecule has 116 valence electrons. The molecule has 4 nitrogen and oxygen atoms in total. The van der Waals surface area contributed by atoms with Crippen LogP contribution in [0.1, 0.15) is 21.5 Å². The average Bonchev–Trinajstić information content (AvgIpc) is 3.04. The smallest absolute Gasteiger partial charge is 0.255 e. The number of hydrogen-bond donors (Lipinski definition) is 2. The summed E-state index contributed by atoms with van der Waals surface area (Å²) in [4.78, 5) is 12.4. The summed E-state index contributed by atoms with van der Waals surface area (Å²) in [5.74, 6) is -0.163. The summed E-state index contributed by atoms with van der Waals surface area (Å²) in [5, 5.41) is 10.5. The quantitative estimate of drug-likeness (QED) is 0.762. The summed E-state index contributed by atoms with van der Waals surface area (Å²) in [6.45, 7) is 2.46. The third-order valence-electron chi connectivity index (χ3n) is 3.59. The third-order valence-corrected chi connectivity index (χ3v) is 3.84. The van der Waals surface area contributed by atoms with Gasteiger partial charge in [-0.15, -0.1) is 0 Å². The zero-order valence-electron chi connectivity index (χ0n) is 12.6. The highest BCUT2D eigenvalue weighted by Crippen LogP contribution is 2.21. The average molecular weight is 326 g/mol. The number of H-pyrrole nitrogens is 1. The first-order chi connectivity index (χ1) is 11.1. The van der Waals surface area contributed by atoms with E-state index in [4.69, 9.17) is 11.6 Å². The van der Waals surface area contributed by atoms with Crippen molar-refractivity contribution in [3.63, 3.8) is 0 Å². The molecule has 0 aliphatic heterocycles. The lowest BCUT2D eigenvalue weighted by Gasteiger charge is -2.06. The minimum atomic E-state index is -0.163. The van der Waals surface area contributed by atoms with Gasteiger partial charge in [0.25, 0.3) is 5.91 Å². The van der Waals surface area contributed by atoms with Crippen molar-refractivity contribution in [1.29, 1.82) is 0 Å². The molecule has 0 spiro atoms. The van der Waals surface area contributed by atoms with Gasteiger partial charge < -0.3 is 5.32 Å². The Balaban J connectivity index is 1.74. The Morgan fingerprint density at radius 2 is 1.83 bits per heavy atom. The van der Waals surface area contributed by atoms with Gasteiger partial charge in [-0.3, -0.25) is 9.89 Å². The van der Waals surface area contributed by atoms with E-state index in [-0.39, 0.29) is 5.91 Å². The molecule has 0 radical (unpaired) electrons. The van der Waals surface area contributed by atoms with Gasteiger partial charge in [0, 0.05) is 17.1 Å². The molecule has 1 heterocycles. The predicted molar refractivity (Wildman–Crippen MR) is 91.4 cm³/mol. The van der Waals surface area contributed by atoms with E-state index in [1.54, 1.807) is 18.3 Å². The number of aryl methyl sites for hydroxylation is 1. The molecule has 0 saturated heterocycles. The molecule has 0 bridgehead atoms. The molecule has 23 heavy (non-hydrogen) atoms. The molecule has 3 rings (SSSR count). The molecule has 0 aliphatic rings. The van der Waals surface area contributed by atoms with E-state index in [1.165, 1.54) is 5.56 Å². The van der Waals surface area contributed by atoms with Gasteiger partial charge in [-0.25, -0.2) is 0 Å². The summed E-state index contributed by atoms with van der Waals surface area (Å²) in [6, 6.07) is 15.3. The highest BCUT2D eigenvalue weighted by atomic mass is 35.5. The summed E-state index contributed by atoms with van der Waals surface area (Å²) < 4.78 is 0. The Hall–Kier alpha value is -2.59. The number of aromatic nitrogens is 2. The number of rotatable bonds is 4. The standard InChI is InChI=1S/C18H16ClN3O/c1-12-2-6-14(7-3-12)17-16(11-21-22-17)18(23)20-10-13-4-8-15(19)9-5-13/h2-9,11H,10H2,1H3,(H,20,23)(H,21,22). The summed E-state index contributed by atoms with van der Waals surface area (Å²) in [5.41, 5.74) is 4.34. The van der Waals surface area contributed by atoms with Crippen LogP contribution in [0.3, 0.4) is 0 Å². The molecule has 0 saturated carbocycles. The molecule has 3 aromatic rings. The van der Waals surface area contributed by atoms with Crippen LogP contribution in [0.25, 0.3) is 11.3 Å². The molecular weight excluding hydrogens is 310 g/mol. The van der Waals surface area contributed by atoms with Crippen molar-refractivity contribution in [2.45, 2.75) is 13.5 Å². The summed E-state index contributed by atoms with van der Waals surface area (Å²) in [6.07, 6.45) is 1.55. The Bertz CT molecular complexity index is 807.